The molecular weight excluding hydrogens is 206 g/mol. The van der Waals surface area contributed by atoms with E-state index in [1.165, 1.54) is 0 Å². The van der Waals surface area contributed by atoms with Gasteiger partial charge < -0.3 is 10.4 Å². The highest BCUT2D eigenvalue weighted by atomic mass is 16.4. The van der Waals surface area contributed by atoms with Gasteiger partial charge in [-0.25, -0.2) is 0 Å². The largest absolute Gasteiger partial charge is 0.481 e. The summed E-state index contributed by atoms with van der Waals surface area (Å²) in [5, 5.41) is 11.3. The maximum Gasteiger partial charge on any atom is 0.303 e. The molecule has 0 radical (unpaired) electrons. The van der Waals surface area contributed by atoms with Crippen LogP contribution in [0.15, 0.2) is 30.3 Å². The molecule has 1 aromatic rings. The lowest BCUT2D eigenvalue weighted by Gasteiger charge is -2.02. The molecule has 4 nitrogen and oxygen atoms in total. The Morgan fingerprint density at radius 2 is 1.88 bits per heavy atom. The monoisotopic (exact) mass is 221 g/mol. The number of carbonyl (C=O) groups is 2. The van der Waals surface area contributed by atoms with E-state index in [0.29, 0.717) is 18.5 Å². The fourth-order valence-corrected chi connectivity index (χ4v) is 1.29. The minimum atomic E-state index is -0.809. The number of aliphatic carboxylic acids is 1. The normalized spacial score (nSPS) is 10.0. The Morgan fingerprint density at radius 3 is 2.50 bits per heavy atom. The molecule has 0 saturated carbocycles. The van der Waals surface area contributed by atoms with Crippen LogP contribution in [-0.4, -0.2) is 29.9 Å². The van der Waals surface area contributed by atoms with E-state index in [2.05, 4.69) is 5.32 Å². The number of benzene rings is 1. The molecule has 0 aliphatic rings. The Hall–Kier alpha value is -1.68. The van der Waals surface area contributed by atoms with Crippen LogP contribution in [0.4, 0.5) is 0 Å². The second-order valence-electron chi connectivity index (χ2n) is 3.46. The lowest BCUT2D eigenvalue weighted by Crippen LogP contribution is -2.24. The summed E-state index contributed by atoms with van der Waals surface area (Å²) in [6.07, 6.45) is 0.671. The summed E-state index contributed by atoms with van der Waals surface area (Å²) in [6, 6.07) is 9.02. The van der Waals surface area contributed by atoms with Crippen molar-refractivity contribution in [3.05, 3.63) is 35.9 Å². The van der Waals surface area contributed by atoms with Crippen molar-refractivity contribution in [1.29, 1.82) is 0 Å². The first-order valence-electron chi connectivity index (χ1n) is 5.21. The van der Waals surface area contributed by atoms with Crippen LogP contribution in [0.5, 0.6) is 0 Å². The van der Waals surface area contributed by atoms with Crippen molar-refractivity contribution in [2.24, 2.45) is 0 Å². The number of hydrogen-bond donors (Lipinski definition) is 2. The Kier molecular flexibility index (Phi) is 5.22. The Labute approximate surface area is 94.3 Å². The molecule has 0 fully saturated rings. The van der Waals surface area contributed by atoms with E-state index in [-0.39, 0.29) is 18.7 Å². The van der Waals surface area contributed by atoms with Crippen LogP contribution in [0.25, 0.3) is 0 Å². The smallest absolute Gasteiger partial charge is 0.303 e. The van der Waals surface area contributed by atoms with Crippen LogP contribution in [0.2, 0.25) is 0 Å². The minimum absolute atomic E-state index is 0.0240. The van der Waals surface area contributed by atoms with Crippen molar-refractivity contribution in [3.8, 4) is 0 Å². The maximum absolute atomic E-state index is 11.6. The zero-order valence-corrected chi connectivity index (χ0v) is 8.98. The number of carbonyl (C=O) groups excluding carboxylic acids is 1. The average molecular weight is 221 g/mol. The summed E-state index contributed by atoms with van der Waals surface area (Å²) in [5.41, 5.74) is 0.674. The standard InChI is InChI=1S/C12H15NO3/c14-11(10-5-2-1-3-6-10)9-13-8-4-7-12(15)16/h1-3,5-6,13H,4,7-9H2,(H,15,16). The van der Waals surface area contributed by atoms with Crippen molar-refractivity contribution >= 4 is 11.8 Å². The summed E-state index contributed by atoms with van der Waals surface area (Å²) in [5.74, 6) is -0.785. The fourth-order valence-electron chi connectivity index (χ4n) is 1.29. The van der Waals surface area contributed by atoms with E-state index >= 15 is 0 Å². The molecule has 0 amide bonds. The molecule has 0 aromatic heterocycles. The maximum atomic E-state index is 11.6. The highest BCUT2D eigenvalue weighted by Crippen LogP contribution is 1.98. The van der Waals surface area contributed by atoms with Crippen LogP contribution < -0.4 is 5.32 Å². The van der Waals surface area contributed by atoms with Gasteiger partial charge >= 0.3 is 5.97 Å². The summed E-state index contributed by atoms with van der Waals surface area (Å²) in [7, 11) is 0. The molecule has 0 heterocycles. The third-order valence-corrected chi connectivity index (χ3v) is 2.13. The molecule has 0 bridgehead atoms. The van der Waals surface area contributed by atoms with Gasteiger partial charge in [-0.2, -0.15) is 0 Å². The van der Waals surface area contributed by atoms with Crippen LogP contribution in [0.1, 0.15) is 23.2 Å². The van der Waals surface area contributed by atoms with E-state index in [0.717, 1.165) is 0 Å². The topological polar surface area (TPSA) is 66.4 Å². The first-order chi connectivity index (χ1) is 7.70. The predicted octanol–water partition coefficient (Wildman–Crippen LogP) is 1.32. The quantitative estimate of drug-likeness (QED) is 0.538. The number of ketones is 1. The molecule has 0 aliphatic carbocycles. The van der Waals surface area contributed by atoms with Gasteiger partial charge in [-0.15, -0.1) is 0 Å². The van der Waals surface area contributed by atoms with Gasteiger partial charge in [0.1, 0.15) is 0 Å². The van der Waals surface area contributed by atoms with Gasteiger partial charge in [-0.3, -0.25) is 9.59 Å². The van der Waals surface area contributed by atoms with E-state index < -0.39 is 5.97 Å². The molecule has 0 saturated heterocycles. The molecule has 0 unspecified atom stereocenters. The minimum Gasteiger partial charge on any atom is -0.481 e. The molecule has 0 spiro atoms. The number of rotatable bonds is 7. The van der Waals surface area contributed by atoms with E-state index in [1.807, 2.05) is 18.2 Å². The Bertz CT molecular complexity index is 349. The summed E-state index contributed by atoms with van der Waals surface area (Å²) in [4.78, 5) is 21.8. The average Bonchev–Trinajstić information content (AvgIpc) is 2.29. The zero-order valence-electron chi connectivity index (χ0n) is 8.98. The molecular formula is C12H15NO3. The SMILES string of the molecule is O=C(O)CCCNCC(=O)c1ccccc1. The van der Waals surface area contributed by atoms with E-state index in [1.54, 1.807) is 12.1 Å². The number of Topliss-reactive ketones (excluding diaryl/α,β-unsaturated/α-hetero) is 1. The van der Waals surface area contributed by atoms with Gasteiger partial charge in [0, 0.05) is 12.0 Å². The van der Waals surface area contributed by atoms with Crippen LogP contribution in [-0.2, 0) is 4.79 Å². The third-order valence-electron chi connectivity index (χ3n) is 2.13. The second-order valence-corrected chi connectivity index (χ2v) is 3.46. The van der Waals surface area contributed by atoms with Gasteiger partial charge in [0.15, 0.2) is 5.78 Å². The van der Waals surface area contributed by atoms with Gasteiger partial charge in [0.05, 0.1) is 6.54 Å². The number of hydrogen-bond acceptors (Lipinski definition) is 3. The lowest BCUT2D eigenvalue weighted by molar-refractivity contribution is -0.137. The molecule has 4 heteroatoms. The van der Waals surface area contributed by atoms with Gasteiger partial charge in [-0.1, -0.05) is 30.3 Å². The summed E-state index contributed by atoms with van der Waals surface area (Å²) >= 11 is 0. The van der Waals surface area contributed by atoms with Crippen LogP contribution in [0.3, 0.4) is 0 Å². The molecule has 0 aliphatic heterocycles. The van der Waals surface area contributed by atoms with Crippen molar-refractivity contribution < 1.29 is 14.7 Å². The predicted molar refractivity (Wildman–Crippen MR) is 60.5 cm³/mol. The molecule has 1 aromatic carbocycles. The molecule has 86 valence electrons. The summed E-state index contributed by atoms with van der Waals surface area (Å²) < 4.78 is 0. The summed E-state index contributed by atoms with van der Waals surface area (Å²) in [6.45, 7) is 0.800. The van der Waals surface area contributed by atoms with Crippen molar-refractivity contribution in [2.75, 3.05) is 13.1 Å². The van der Waals surface area contributed by atoms with Gasteiger partial charge in [-0.05, 0) is 13.0 Å². The number of carboxylic acid groups (broad SMARTS) is 1. The molecule has 1 rings (SSSR count). The lowest BCUT2D eigenvalue weighted by atomic mass is 10.1. The number of carboxylic acids is 1. The highest BCUT2D eigenvalue weighted by Gasteiger charge is 2.03. The molecule has 16 heavy (non-hydrogen) atoms. The first kappa shape index (κ1) is 12.4. The molecule has 0 atom stereocenters. The zero-order chi connectivity index (χ0) is 11.8. The van der Waals surface area contributed by atoms with Crippen molar-refractivity contribution in [1.82, 2.24) is 5.32 Å². The van der Waals surface area contributed by atoms with Crippen molar-refractivity contribution in [2.45, 2.75) is 12.8 Å². The Balaban J connectivity index is 2.19. The van der Waals surface area contributed by atoms with Gasteiger partial charge in [0.25, 0.3) is 0 Å². The Morgan fingerprint density at radius 1 is 1.19 bits per heavy atom. The fraction of sp³-hybridized carbons (Fsp3) is 0.333. The van der Waals surface area contributed by atoms with E-state index in [4.69, 9.17) is 5.11 Å². The highest BCUT2D eigenvalue weighted by molar-refractivity contribution is 5.97. The third kappa shape index (κ3) is 4.70. The van der Waals surface area contributed by atoms with Crippen molar-refractivity contribution in [3.63, 3.8) is 0 Å². The first-order valence-corrected chi connectivity index (χ1v) is 5.21. The molecule has 2 N–H and O–H groups in total. The second kappa shape index (κ2) is 6.74. The van der Waals surface area contributed by atoms with E-state index in [9.17, 15) is 9.59 Å². The van der Waals surface area contributed by atoms with Gasteiger partial charge in [0.2, 0.25) is 0 Å². The van der Waals surface area contributed by atoms with Crippen LogP contribution in [0, 0.1) is 0 Å². The number of nitrogens with one attached hydrogen (secondary N) is 1. The van der Waals surface area contributed by atoms with Crippen LogP contribution >= 0.6 is 0 Å².